The number of nitrogens with two attached hydrogens (primary N) is 1. The van der Waals surface area contributed by atoms with E-state index < -0.39 is 0 Å². The fourth-order valence-electron chi connectivity index (χ4n) is 8.95. The van der Waals surface area contributed by atoms with E-state index in [1.54, 1.807) is 0 Å². The quantitative estimate of drug-likeness (QED) is 0.100. The zero-order chi connectivity index (χ0) is 41.4. The summed E-state index contributed by atoms with van der Waals surface area (Å²) in [6.07, 6.45) is 10.6. The van der Waals surface area contributed by atoms with Crippen LogP contribution in [0.5, 0.6) is 0 Å². The SMILES string of the molecule is N/C(=C(/c1cccc(C2=NC(c3cccc(-c4ccccc4)c3)NC(c3ccc(C4=Nc5ccccc5NC4c4ccccc4)cc3)=C2)c1)N1C2C=CC=CC21)c1ccccc1. The minimum atomic E-state index is -0.336. The highest BCUT2D eigenvalue weighted by molar-refractivity contribution is 6.14. The van der Waals surface area contributed by atoms with E-state index in [0.29, 0.717) is 0 Å². The minimum Gasteiger partial charge on any atom is -0.397 e. The molecular formula is C56H44N6. The van der Waals surface area contributed by atoms with Gasteiger partial charge >= 0.3 is 0 Å². The van der Waals surface area contributed by atoms with Crippen LogP contribution >= 0.6 is 0 Å². The molecule has 1 fully saturated rings. The zero-order valence-corrected chi connectivity index (χ0v) is 34.0. The highest BCUT2D eigenvalue weighted by Gasteiger charge is 2.47. The third-order valence-corrected chi connectivity index (χ3v) is 12.2. The first-order valence-electron chi connectivity index (χ1n) is 21.3. The van der Waals surface area contributed by atoms with Crippen molar-refractivity contribution >= 4 is 39.9 Å². The van der Waals surface area contributed by atoms with Crippen LogP contribution in [0.25, 0.3) is 28.2 Å². The van der Waals surface area contributed by atoms with Crippen LogP contribution in [0.2, 0.25) is 0 Å². The van der Waals surface area contributed by atoms with Gasteiger partial charge in [-0.05, 0) is 69.3 Å². The normalized spacial score (nSPS) is 20.0. The monoisotopic (exact) mass is 800 g/mol. The van der Waals surface area contributed by atoms with E-state index in [0.717, 1.165) is 78.8 Å². The van der Waals surface area contributed by atoms with Crippen molar-refractivity contribution in [1.82, 2.24) is 10.2 Å². The van der Waals surface area contributed by atoms with Crippen LogP contribution in [0, 0.1) is 0 Å². The van der Waals surface area contributed by atoms with Crippen LogP contribution in [0.15, 0.2) is 228 Å². The van der Waals surface area contributed by atoms with E-state index in [4.69, 9.17) is 15.7 Å². The molecule has 6 heteroatoms. The molecule has 0 spiro atoms. The lowest BCUT2D eigenvalue weighted by Gasteiger charge is -2.28. The summed E-state index contributed by atoms with van der Waals surface area (Å²) >= 11 is 0. The molecule has 4 aliphatic rings. The van der Waals surface area contributed by atoms with Crippen LogP contribution in [0.3, 0.4) is 0 Å². The maximum atomic E-state index is 7.11. The topological polar surface area (TPSA) is 77.8 Å². The molecule has 3 aliphatic heterocycles. The molecule has 4 unspecified atom stereocenters. The first kappa shape index (κ1) is 37.1. The predicted octanol–water partition coefficient (Wildman–Crippen LogP) is 11.7. The van der Waals surface area contributed by atoms with Crippen molar-refractivity contribution in [2.24, 2.45) is 15.7 Å². The van der Waals surface area contributed by atoms with Gasteiger partial charge in [0.05, 0.1) is 52.3 Å². The highest BCUT2D eigenvalue weighted by atomic mass is 15.4. The van der Waals surface area contributed by atoms with E-state index in [-0.39, 0.29) is 24.3 Å². The Labute approximate surface area is 362 Å². The lowest BCUT2D eigenvalue weighted by molar-refractivity contribution is 0.664. The molecule has 0 bridgehead atoms. The fourth-order valence-corrected chi connectivity index (χ4v) is 8.95. The summed E-state index contributed by atoms with van der Waals surface area (Å²) < 4.78 is 0. The summed E-state index contributed by atoms with van der Waals surface area (Å²) in [7, 11) is 0. The van der Waals surface area contributed by atoms with Gasteiger partial charge in [0.1, 0.15) is 6.17 Å². The van der Waals surface area contributed by atoms with Crippen LogP contribution in [0.4, 0.5) is 11.4 Å². The Morgan fingerprint density at radius 3 is 1.90 bits per heavy atom. The van der Waals surface area contributed by atoms with Gasteiger partial charge in [-0.15, -0.1) is 0 Å². The molecule has 7 aromatic rings. The Morgan fingerprint density at radius 2 is 1.13 bits per heavy atom. The second-order valence-electron chi connectivity index (χ2n) is 16.1. The van der Waals surface area contributed by atoms with Crippen molar-refractivity contribution in [2.75, 3.05) is 5.32 Å². The van der Waals surface area contributed by atoms with E-state index >= 15 is 0 Å². The second-order valence-corrected chi connectivity index (χ2v) is 16.1. The maximum absolute atomic E-state index is 7.11. The van der Waals surface area contributed by atoms with Gasteiger partial charge in [0, 0.05) is 16.8 Å². The number of nitrogens with one attached hydrogen (secondary N) is 2. The molecule has 11 rings (SSSR count). The number of anilines is 1. The molecule has 1 saturated heterocycles. The molecule has 0 saturated carbocycles. The van der Waals surface area contributed by atoms with Crippen molar-refractivity contribution in [3.63, 3.8) is 0 Å². The van der Waals surface area contributed by atoms with Crippen LogP contribution in [0.1, 0.15) is 51.2 Å². The summed E-state index contributed by atoms with van der Waals surface area (Å²) in [6.45, 7) is 0. The van der Waals surface area contributed by atoms with Gasteiger partial charge in [0.15, 0.2) is 0 Å². The van der Waals surface area contributed by atoms with E-state index in [1.807, 2.05) is 24.3 Å². The Morgan fingerprint density at radius 1 is 0.516 bits per heavy atom. The van der Waals surface area contributed by atoms with Gasteiger partial charge < -0.3 is 21.3 Å². The molecule has 0 aromatic heterocycles. The molecule has 0 amide bonds. The molecule has 7 aromatic carbocycles. The number of allylic oxidation sites excluding steroid dienone is 3. The first-order chi connectivity index (χ1) is 30.6. The largest absolute Gasteiger partial charge is 0.397 e. The van der Waals surface area contributed by atoms with Gasteiger partial charge in [-0.3, -0.25) is 4.99 Å². The Hall–Kier alpha value is -7.96. The number of benzene rings is 7. The number of hydrogen-bond acceptors (Lipinski definition) is 6. The second kappa shape index (κ2) is 15.9. The number of para-hydroxylation sites is 2. The van der Waals surface area contributed by atoms with Gasteiger partial charge in [-0.1, -0.05) is 188 Å². The summed E-state index contributed by atoms with van der Waals surface area (Å²) in [5.41, 5.74) is 23.5. The lowest BCUT2D eigenvalue weighted by Crippen LogP contribution is -2.26. The van der Waals surface area contributed by atoms with Crippen LogP contribution < -0.4 is 16.4 Å². The molecule has 0 radical (unpaired) electrons. The van der Waals surface area contributed by atoms with Gasteiger partial charge in [0.2, 0.25) is 0 Å². The third-order valence-electron chi connectivity index (χ3n) is 12.2. The van der Waals surface area contributed by atoms with Crippen molar-refractivity contribution < 1.29 is 0 Å². The van der Waals surface area contributed by atoms with Gasteiger partial charge in [-0.25, -0.2) is 4.99 Å². The summed E-state index contributed by atoms with van der Waals surface area (Å²) in [4.78, 5) is 13.1. The van der Waals surface area contributed by atoms with E-state index in [2.05, 4.69) is 210 Å². The summed E-state index contributed by atoms with van der Waals surface area (Å²) in [5.74, 6) is 0. The Balaban J connectivity index is 0.994. The third kappa shape index (κ3) is 7.11. The number of hydrogen-bond donors (Lipinski definition) is 3. The maximum Gasteiger partial charge on any atom is 0.145 e. The van der Waals surface area contributed by atoms with E-state index in [1.165, 1.54) is 11.1 Å². The molecule has 4 atom stereocenters. The van der Waals surface area contributed by atoms with Crippen LogP contribution in [-0.4, -0.2) is 28.4 Å². The fraction of sp³-hybridized carbons (Fsp3) is 0.0714. The smallest absolute Gasteiger partial charge is 0.145 e. The van der Waals surface area contributed by atoms with Crippen molar-refractivity contribution in [2.45, 2.75) is 24.3 Å². The average Bonchev–Trinajstić information content (AvgIpc) is 4.08. The van der Waals surface area contributed by atoms with Gasteiger partial charge in [-0.2, -0.15) is 0 Å². The molecule has 62 heavy (non-hydrogen) atoms. The van der Waals surface area contributed by atoms with Gasteiger partial charge in [0.25, 0.3) is 0 Å². The minimum absolute atomic E-state index is 0.0888. The molecule has 1 aliphatic carbocycles. The number of nitrogens with zero attached hydrogens (tertiary/aromatic N) is 3. The van der Waals surface area contributed by atoms with Crippen LogP contribution in [-0.2, 0) is 0 Å². The molecule has 6 nitrogen and oxygen atoms in total. The predicted molar refractivity (Wildman–Crippen MR) is 256 cm³/mol. The standard InChI is InChI=1S/C56H44N6/c57-52(39-18-6-2-7-19-39)55(62-50-28-12-13-29-51(50)62)44-24-15-23-43(35-44)49-36-48(60-56(61-49)45-25-14-22-42(34-45)37-16-4-1-5-17-37)38-30-32-41(33-31-38)54-53(40-20-8-3-9-21-40)58-46-26-10-11-27-47(46)59-54/h1-36,50-51,53,56,58,60H,57H2/b55-52-. The molecule has 3 heterocycles. The summed E-state index contributed by atoms with van der Waals surface area (Å²) in [5, 5.41) is 7.60. The Bertz CT molecular complexity index is 2960. The van der Waals surface area contributed by atoms with Crippen molar-refractivity contribution in [1.29, 1.82) is 0 Å². The number of aliphatic imine (C=N–C) groups is 2. The zero-order valence-electron chi connectivity index (χ0n) is 34.0. The Kier molecular flexibility index (Phi) is 9.51. The van der Waals surface area contributed by atoms with E-state index in [9.17, 15) is 0 Å². The first-order valence-corrected chi connectivity index (χ1v) is 21.3. The molecule has 4 N–H and O–H groups in total. The number of rotatable bonds is 9. The average molecular weight is 801 g/mol. The van der Waals surface area contributed by atoms with Crippen molar-refractivity contribution in [3.05, 3.63) is 257 Å². The number of fused-ring (bicyclic) bond motifs is 2. The molecule has 298 valence electrons. The molecular weight excluding hydrogens is 757 g/mol. The summed E-state index contributed by atoms with van der Waals surface area (Å²) in [6, 6.07) is 66.2. The van der Waals surface area contributed by atoms with Crippen molar-refractivity contribution in [3.8, 4) is 11.1 Å². The highest BCUT2D eigenvalue weighted by Crippen LogP contribution is 2.44. The lowest BCUT2D eigenvalue weighted by atomic mass is 9.93.